The van der Waals surface area contributed by atoms with Crippen molar-refractivity contribution in [2.24, 2.45) is 0 Å². The molecule has 0 unspecified atom stereocenters. The van der Waals surface area contributed by atoms with Crippen molar-refractivity contribution < 1.29 is 14.0 Å². The maximum absolute atomic E-state index is 13.3. The number of halogens is 2. The Hall–Kier alpha value is -3.69. The van der Waals surface area contributed by atoms with Gasteiger partial charge in [-0.15, -0.1) is 0 Å². The van der Waals surface area contributed by atoms with Gasteiger partial charge in [-0.3, -0.25) is 29.8 Å². The summed E-state index contributed by atoms with van der Waals surface area (Å²) in [6.07, 6.45) is 0. The molecule has 172 valence electrons. The summed E-state index contributed by atoms with van der Waals surface area (Å²) in [4.78, 5) is 42.4. The van der Waals surface area contributed by atoms with E-state index in [-0.39, 0.29) is 16.9 Å². The SMILES string of the molecule is Cc1ccccc1-n1c(SCC(=O)NNC(=O)c2ccc(F)cc2)nc2cc(Cl)ccc2c1=O. The lowest BCUT2D eigenvalue weighted by molar-refractivity contribution is -0.119. The molecule has 2 N–H and O–H groups in total. The minimum Gasteiger partial charge on any atom is -0.272 e. The van der Waals surface area contributed by atoms with Crippen LogP contribution in [0, 0.1) is 12.7 Å². The number of aryl methyl sites for hydroxylation is 1. The van der Waals surface area contributed by atoms with E-state index in [4.69, 9.17) is 11.6 Å². The molecule has 0 saturated carbocycles. The Morgan fingerprint density at radius 1 is 1.06 bits per heavy atom. The molecule has 0 aliphatic rings. The summed E-state index contributed by atoms with van der Waals surface area (Å²) < 4.78 is 14.5. The van der Waals surface area contributed by atoms with Crippen molar-refractivity contribution in [2.45, 2.75) is 12.1 Å². The van der Waals surface area contributed by atoms with Gasteiger partial charge in [-0.25, -0.2) is 9.37 Å². The average Bonchev–Trinajstić information content (AvgIpc) is 2.82. The maximum Gasteiger partial charge on any atom is 0.269 e. The van der Waals surface area contributed by atoms with E-state index in [1.807, 2.05) is 25.1 Å². The first-order chi connectivity index (χ1) is 16.3. The number of hydrogen-bond acceptors (Lipinski definition) is 5. The van der Waals surface area contributed by atoms with E-state index >= 15 is 0 Å². The van der Waals surface area contributed by atoms with Crippen molar-refractivity contribution >= 4 is 46.1 Å². The Bertz CT molecular complexity index is 1460. The number of hydrogen-bond donors (Lipinski definition) is 2. The topological polar surface area (TPSA) is 93.1 Å². The molecule has 0 fully saturated rings. The van der Waals surface area contributed by atoms with E-state index in [1.54, 1.807) is 24.3 Å². The van der Waals surface area contributed by atoms with Gasteiger partial charge in [0.15, 0.2) is 5.16 Å². The predicted octanol–water partition coefficient (Wildman–Crippen LogP) is 4.04. The fourth-order valence-electron chi connectivity index (χ4n) is 3.23. The van der Waals surface area contributed by atoms with E-state index in [1.165, 1.54) is 16.7 Å². The van der Waals surface area contributed by atoms with Crippen molar-refractivity contribution in [3.05, 3.63) is 99.1 Å². The van der Waals surface area contributed by atoms with Gasteiger partial charge in [0.25, 0.3) is 11.5 Å². The number of carbonyl (C=O) groups is 2. The molecule has 1 aromatic heterocycles. The summed E-state index contributed by atoms with van der Waals surface area (Å²) in [6.45, 7) is 1.87. The quantitative estimate of drug-likeness (QED) is 0.247. The number of amides is 2. The molecule has 0 spiro atoms. The zero-order valence-corrected chi connectivity index (χ0v) is 19.4. The van der Waals surface area contributed by atoms with Crippen LogP contribution in [0.1, 0.15) is 15.9 Å². The second-order valence-electron chi connectivity index (χ2n) is 7.28. The summed E-state index contributed by atoms with van der Waals surface area (Å²) >= 11 is 7.12. The van der Waals surface area contributed by atoms with Gasteiger partial charge < -0.3 is 0 Å². The highest BCUT2D eigenvalue weighted by atomic mass is 35.5. The second kappa shape index (κ2) is 10.1. The highest BCUT2D eigenvalue weighted by molar-refractivity contribution is 7.99. The molecular formula is C24H18ClFN4O3S. The van der Waals surface area contributed by atoms with Crippen LogP contribution in [0.5, 0.6) is 0 Å². The molecule has 1 heterocycles. The number of thioether (sulfide) groups is 1. The molecule has 4 aromatic rings. The molecular weight excluding hydrogens is 479 g/mol. The van der Waals surface area contributed by atoms with Gasteiger partial charge in [-0.05, 0) is 61.0 Å². The van der Waals surface area contributed by atoms with Crippen LogP contribution in [-0.4, -0.2) is 27.1 Å². The third-order valence-corrected chi connectivity index (χ3v) is 6.08. The standard InChI is InChI=1S/C24H18ClFN4O3S/c1-14-4-2-3-5-20(14)30-23(33)18-11-8-16(25)12-19(18)27-24(30)34-13-21(31)28-29-22(32)15-6-9-17(26)10-7-15/h2-12H,13H2,1H3,(H,28,31)(H,29,32). The van der Waals surface area contributed by atoms with Crippen LogP contribution >= 0.6 is 23.4 Å². The number of carbonyl (C=O) groups excluding carboxylic acids is 2. The van der Waals surface area contributed by atoms with Gasteiger partial charge >= 0.3 is 0 Å². The van der Waals surface area contributed by atoms with Gasteiger partial charge in [-0.1, -0.05) is 41.6 Å². The van der Waals surface area contributed by atoms with Crippen molar-refractivity contribution in [1.29, 1.82) is 0 Å². The molecule has 7 nitrogen and oxygen atoms in total. The van der Waals surface area contributed by atoms with E-state index < -0.39 is 17.6 Å². The van der Waals surface area contributed by atoms with Crippen LogP contribution in [0.3, 0.4) is 0 Å². The van der Waals surface area contributed by atoms with E-state index in [9.17, 15) is 18.8 Å². The lowest BCUT2D eigenvalue weighted by Crippen LogP contribution is -2.42. The monoisotopic (exact) mass is 496 g/mol. The Kier molecular flexibility index (Phi) is 6.95. The fourth-order valence-corrected chi connectivity index (χ4v) is 4.20. The molecule has 10 heteroatoms. The van der Waals surface area contributed by atoms with Gasteiger partial charge in [-0.2, -0.15) is 0 Å². The number of fused-ring (bicyclic) bond motifs is 1. The molecule has 3 aromatic carbocycles. The Balaban J connectivity index is 1.57. The maximum atomic E-state index is 13.3. The molecule has 0 aliphatic heterocycles. The van der Waals surface area contributed by atoms with Gasteiger partial charge in [0.05, 0.1) is 22.3 Å². The van der Waals surface area contributed by atoms with E-state index in [0.29, 0.717) is 26.8 Å². The van der Waals surface area contributed by atoms with Crippen LogP contribution in [0.25, 0.3) is 16.6 Å². The minimum absolute atomic E-state index is 0.131. The van der Waals surface area contributed by atoms with Gasteiger partial charge in [0.2, 0.25) is 5.91 Å². The first kappa shape index (κ1) is 23.5. The van der Waals surface area contributed by atoms with E-state index in [0.717, 1.165) is 29.5 Å². The minimum atomic E-state index is -0.589. The zero-order valence-electron chi connectivity index (χ0n) is 17.8. The highest BCUT2D eigenvalue weighted by Crippen LogP contribution is 2.24. The van der Waals surface area contributed by atoms with E-state index in [2.05, 4.69) is 15.8 Å². The van der Waals surface area contributed by atoms with Crippen molar-refractivity contribution in [2.75, 3.05) is 5.75 Å². The van der Waals surface area contributed by atoms with Gasteiger partial charge in [0, 0.05) is 10.6 Å². The Labute approximate surface area is 202 Å². The summed E-state index contributed by atoms with van der Waals surface area (Å²) in [7, 11) is 0. The molecule has 0 atom stereocenters. The normalized spacial score (nSPS) is 10.8. The number of nitrogens with one attached hydrogen (secondary N) is 2. The molecule has 0 radical (unpaired) electrons. The molecule has 0 saturated heterocycles. The number of hydrazine groups is 1. The molecule has 2 amide bonds. The average molecular weight is 497 g/mol. The van der Waals surface area contributed by atoms with Crippen LogP contribution in [0.2, 0.25) is 5.02 Å². The fraction of sp³-hybridized carbons (Fsp3) is 0.0833. The van der Waals surface area contributed by atoms with Crippen molar-refractivity contribution in [3.8, 4) is 5.69 Å². The molecule has 34 heavy (non-hydrogen) atoms. The third-order valence-electron chi connectivity index (χ3n) is 4.91. The first-order valence-corrected chi connectivity index (χ1v) is 11.5. The largest absolute Gasteiger partial charge is 0.272 e. The van der Waals surface area contributed by atoms with Gasteiger partial charge in [0.1, 0.15) is 5.82 Å². The van der Waals surface area contributed by atoms with Crippen LogP contribution < -0.4 is 16.4 Å². The summed E-state index contributed by atoms with van der Waals surface area (Å²) in [5.41, 5.74) is 6.40. The van der Waals surface area contributed by atoms with Crippen LogP contribution in [0.4, 0.5) is 4.39 Å². The van der Waals surface area contributed by atoms with Crippen LogP contribution in [0.15, 0.2) is 76.7 Å². The summed E-state index contributed by atoms with van der Waals surface area (Å²) in [5.74, 6) is -1.71. The summed E-state index contributed by atoms with van der Waals surface area (Å²) in [5, 5.41) is 1.13. The zero-order chi connectivity index (χ0) is 24.2. The molecule has 0 bridgehead atoms. The number of aromatic nitrogens is 2. The summed E-state index contributed by atoms with van der Waals surface area (Å²) in [6, 6.07) is 17.1. The Morgan fingerprint density at radius 3 is 2.53 bits per heavy atom. The predicted molar refractivity (Wildman–Crippen MR) is 130 cm³/mol. The number of benzene rings is 3. The molecule has 0 aliphatic carbocycles. The lowest BCUT2D eigenvalue weighted by Gasteiger charge is -2.15. The number of nitrogens with zero attached hydrogens (tertiary/aromatic N) is 2. The second-order valence-corrected chi connectivity index (χ2v) is 8.66. The lowest BCUT2D eigenvalue weighted by atomic mass is 10.2. The van der Waals surface area contributed by atoms with Crippen LogP contribution in [-0.2, 0) is 4.79 Å². The smallest absolute Gasteiger partial charge is 0.269 e. The first-order valence-electron chi connectivity index (χ1n) is 10.1. The number of rotatable bonds is 5. The Morgan fingerprint density at radius 2 is 1.79 bits per heavy atom. The van der Waals surface area contributed by atoms with Crippen molar-refractivity contribution in [3.63, 3.8) is 0 Å². The molecule has 4 rings (SSSR count). The number of para-hydroxylation sites is 1. The third kappa shape index (κ3) is 5.11. The highest BCUT2D eigenvalue weighted by Gasteiger charge is 2.17. The van der Waals surface area contributed by atoms with Crippen molar-refractivity contribution in [1.82, 2.24) is 20.4 Å².